The van der Waals surface area contributed by atoms with Crippen LogP contribution in [0.4, 0.5) is 0 Å². The van der Waals surface area contributed by atoms with E-state index in [-0.39, 0.29) is 0 Å². The molecule has 0 saturated heterocycles. The number of benzene rings is 5. The zero-order valence-electron chi connectivity index (χ0n) is 16.2. The Balaban J connectivity index is 1.99. The minimum absolute atomic E-state index is 1.30. The van der Waals surface area contributed by atoms with Crippen molar-refractivity contribution in [1.29, 1.82) is 0 Å². The molecule has 0 aromatic heterocycles. The van der Waals surface area contributed by atoms with Crippen LogP contribution in [0.15, 0.2) is 133 Å². The van der Waals surface area contributed by atoms with Crippen molar-refractivity contribution >= 4 is 39.3 Å². The van der Waals surface area contributed by atoms with Gasteiger partial charge in [0.25, 0.3) is 0 Å². The third kappa shape index (κ3) is 2.97. The summed E-state index contributed by atoms with van der Waals surface area (Å²) in [6.07, 6.45) is 0. The van der Waals surface area contributed by atoms with Crippen LogP contribution in [0.3, 0.4) is 0 Å². The molecule has 1 heteroatoms. The van der Waals surface area contributed by atoms with Crippen LogP contribution in [0.25, 0.3) is 10.8 Å². The summed E-state index contributed by atoms with van der Waals surface area (Å²) < 4.78 is 0. The third-order valence-corrected chi connectivity index (χ3v) is 10.7. The van der Waals surface area contributed by atoms with Gasteiger partial charge in [0.1, 0.15) is 0 Å². The molecule has 5 rings (SSSR count). The van der Waals surface area contributed by atoms with E-state index in [1.165, 1.54) is 32.0 Å². The monoisotopic (exact) mass is 390 g/mol. The van der Waals surface area contributed by atoms with Crippen LogP contribution < -0.4 is 21.2 Å². The molecular formula is C28H23P. The Labute approximate surface area is 172 Å². The van der Waals surface area contributed by atoms with E-state index >= 15 is 0 Å². The SMILES string of the molecule is c1ccc([PH](c2ccccc2)(c2ccccc2)c2cccc3ccccc23)cc1. The van der Waals surface area contributed by atoms with Gasteiger partial charge in [-0.25, -0.2) is 0 Å². The van der Waals surface area contributed by atoms with Crippen LogP contribution in [-0.4, -0.2) is 0 Å². The van der Waals surface area contributed by atoms with Gasteiger partial charge in [0.05, 0.1) is 0 Å². The number of hydrogen-bond acceptors (Lipinski definition) is 0. The van der Waals surface area contributed by atoms with Gasteiger partial charge in [-0.2, -0.15) is 0 Å². The van der Waals surface area contributed by atoms with Gasteiger partial charge in [-0.3, -0.25) is 0 Å². The molecular weight excluding hydrogens is 367 g/mol. The first-order valence-electron chi connectivity index (χ1n) is 10.1. The molecule has 0 atom stereocenters. The summed E-state index contributed by atoms with van der Waals surface area (Å²) in [6, 6.07) is 48.8. The first-order chi connectivity index (χ1) is 14.4. The summed E-state index contributed by atoms with van der Waals surface area (Å²) in [5.41, 5.74) is 0. The summed E-state index contributed by atoms with van der Waals surface area (Å²) in [5.74, 6) is 0. The van der Waals surface area contributed by atoms with Crippen LogP contribution >= 0.6 is 7.26 Å². The van der Waals surface area contributed by atoms with Crippen molar-refractivity contribution in [3.05, 3.63) is 133 Å². The zero-order chi connectivity index (χ0) is 19.5. The van der Waals surface area contributed by atoms with Gasteiger partial charge < -0.3 is 0 Å². The van der Waals surface area contributed by atoms with E-state index in [2.05, 4.69) is 133 Å². The van der Waals surface area contributed by atoms with Crippen molar-refractivity contribution in [2.45, 2.75) is 0 Å². The number of fused-ring (bicyclic) bond motifs is 1. The molecule has 0 aliphatic heterocycles. The predicted octanol–water partition coefficient (Wildman–Crippen LogP) is 5.19. The van der Waals surface area contributed by atoms with Crippen molar-refractivity contribution in [3.63, 3.8) is 0 Å². The molecule has 0 amide bonds. The zero-order valence-corrected chi connectivity index (χ0v) is 17.2. The number of hydrogen-bond donors (Lipinski definition) is 0. The van der Waals surface area contributed by atoms with E-state index < -0.39 is 7.26 Å². The minimum atomic E-state index is -2.46. The third-order valence-electron chi connectivity index (χ3n) is 5.81. The van der Waals surface area contributed by atoms with Gasteiger partial charge in [0.15, 0.2) is 0 Å². The molecule has 0 aliphatic carbocycles. The fourth-order valence-electron chi connectivity index (χ4n) is 4.58. The molecule has 0 spiro atoms. The summed E-state index contributed by atoms with van der Waals surface area (Å²) in [6.45, 7) is 0. The Kier molecular flexibility index (Phi) is 4.72. The molecule has 29 heavy (non-hydrogen) atoms. The molecule has 0 bridgehead atoms. The molecule has 0 N–H and O–H groups in total. The molecule has 5 aromatic rings. The predicted molar refractivity (Wildman–Crippen MR) is 130 cm³/mol. The van der Waals surface area contributed by atoms with Crippen molar-refractivity contribution in [1.82, 2.24) is 0 Å². The molecule has 0 nitrogen and oxygen atoms in total. The van der Waals surface area contributed by atoms with Gasteiger partial charge in [-0.05, 0) is 0 Å². The normalized spacial score (nSPS) is 12.0. The molecule has 5 aromatic carbocycles. The van der Waals surface area contributed by atoms with Crippen molar-refractivity contribution in [2.24, 2.45) is 0 Å². The van der Waals surface area contributed by atoms with E-state index in [0.29, 0.717) is 0 Å². The van der Waals surface area contributed by atoms with Crippen molar-refractivity contribution < 1.29 is 0 Å². The molecule has 0 unspecified atom stereocenters. The first kappa shape index (κ1) is 17.9. The van der Waals surface area contributed by atoms with Crippen LogP contribution in [0.5, 0.6) is 0 Å². The fraction of sp³-hybridized carbons (Fsp3) is 0. The van der Waals surface area contributed by atoms with Gasteiger partial charge in [0.2, 0.25) is 0 Å². The average Bonchev–Trinajstić information content (AvgIpc) is 2.82. The standard InChI is InChI=1S/C28H23P/c1-4-15-24(16-5-1)29(25-17-6-2-7-18-25,26-19-8-3-9-20-26)28-22-12-14-23-13-10-11-21-27(23)28/h1-22,29H. The number of rotatable bonds is 4. The second-order valence-electron chi connectivity index (χ2n) is 7.37. The Bertz CT molecular complexity index is 1130. The molecule has 0 radical (unpaired) electrons. The maximum atomic E-state index is 2.35. The van der Waals surface area contributed by atoms with E-state index in [0.717, 1.165) is 0 Å². The van der Waals surface area contributed by atoms with E-state index in [9.17, 15) is 0 Å². The molecule has 0 heterocycles. The Morgan fingerprint density at radius 3 is 1.28 bits per heavy atom. The summed E-state index contributed by atoms with van der Waals surface area (Å²) in [4.78, 5) is 0. The quantitative estimate of drug-likeness (QED) is 0.371. The van der Waals surface area contributed by atoms with Gasteiger partial charge in [0, 0.05) is 0 Å². The molecule has 0 aliphatic rings. The summed E-state index contributed by atoms with van der Waals surface area (Å²) >= 11 is 0. The Morgan fingerprint density at radius 2 is 0.759 bits per heavy atom. The van der Waals surface area contributed by atoms with Crippen LogP contribution in [0, 0.1) is 0 Å². The van der Waals surface area contributed by atoms with Gasteiger partial charge in [-0.15, -0.1) is 0 Å². The van der Waals surface area contributed by atoms with E-state index in [1.807, 2.05) is 0 Å². The second kappa shape index (κ2) is 7.66. The van der Waals surface area contributed by atoms with Gasteiger partial charge in [-0.1, -0.05) is 0 Å². The Morgan fingerprint density at radius 1 is 0.345 bits per heavy atom. The van der Waals surface area contributed by atoms with Crippen LogP contribution in [0.1, 0.15) is 0 Å². The summed E-state index contributed by atoms with van der Waals surface area (Å²) in [7, 11) is -2.46. The fourth-order valence-corrected chi connectivity index (χ4v) is 9.57. The van der Waals surface area contributed by atoms with Crippen molar-refractivity contribution in [2.75, 3.05) is 0 Å². The van der Waals surface area contributed by atoms with Gasteiger partial charge >= 0.3 is 173 Å². The second-order valence-corrected chi connectivity index (χ2v) is 11.1. The Hall–Kier alpha value is -3.21. The van der Waals surface area contributed by atoms with Crippen LogP contribution in [0.2, 0.25) is 0 Å². The first-order valence-corrected chi connectivity index (χ1v) is 12.1. The molecule has 0 fully saturated rings. The van der Waals surface area contributed by atoms with E-state index in [4.69, 9.17) is 0 Å². The van der Waals surface area contributed by atoms with Crippen LogP contribution in [-0.2, 0) is 0 Å². The van der Waals surface area contributed by atoms with Crippen molar-refractivity contribution in [3.8, 4) is 0 Å². The maximum absolute atomic E-state index is 2.46. The van der Waals surface area contributed by atoms with E-state index in [1.54, 1.807) is 0 Å². The summed E-state index contributed by atoms with van der Waals surface area (Å²) in [5, 5.41) is 8.32. The topological polar surface area (TPSA) is 0 Å². The molecule has 140 valence electrons. The molecule has 0 saturated carbocycles. The average molecular weight is 390 g/mol.